The second kappa shape index (κ2) is 29.2. The number of benzene rings is 3. The number of ether oxygens (including phenoxy) is 7. The summed E-state index contributed by atoms with van der Waals surface area (Å²) in [6, 6.07) is 20.7. The van der Waals surface area contributed by atoms with Crippen molar-refractivity contribution in [3.8, 4) is 34.1 Å². The molecule has 0 saturated heterocycles. The maximum absolute atomic E-state index is 12.8. The molecule has 11 nitrogen and oxygen atoms in total. The van der Waals surface area contributed by atoms with Gasteiger partial charge in [-0.3, -0.25) is 0 Å². The molecule has 0 aliphatic heterocycles. The van der Waals surface area contributed by atoms with Gasteiger partial charge in [-0.25, -0.2) is 19.2 Å². The van der Waals surface area contributed by atoms with Crippen molar-refractivity contribution in [1.29, 1.82) is 0 Å². The van der Waals surface area contributed by atoms with Gasteiger partial charge in [0.2, 0.25) is 0 Å². The zero-order valence-corrected chi connectivity index (χ0v) is 34.1. The summed E-state index contributed by atoms with van der Waals surface area (Å²) in [4.78, 5) is 46.2. The van der Waals surface area contributed by atoms with Crippen molar-refractivity contribution in [3.05, 3.63) is 116 Å². The Bertz CT molecular complexity index is 1780. The van der Waals surface area contributed by atoms with Crippen molar-refractivity contribution >= 4 is 30.0 Å². The highest BCUT2D eigenvalue weighted by atomic mass is 16.5. The van der Waals surface area contributed by atoms with E-state index in [0.29, 0.717) is 56.9 Å². The summed E-state index contributed by atoms with van der Waals surface area (Å²) in [6.07, 6.45) is 17.0. The van der Waals surface area contributed by atoms with Crippen molar-refractivity contribution < 1.29 is 52.3 Å². The van der Waals surface area contributed by atoms with E-state index < -0.39 is 17.9 Å². The third-order valence-electron chi connectivity index (χ3n) is 8.77. The number of carbonyl (C=O) groups excluding carboxylic acids is 4. The fourth-order valence-corrected chi connectivity index (χ4v) is 5.56. The van der Waals surface area contributed by atoms with Gasteiger partial charge in [-0.1, -0.05) is 50.1 Å². The predicted molar refractivity (Wildman–Crippen MR) is 228 cm³/mol. The lowest BCUT2D eigenvalue weighted by Gasteiger charge is -2.14. The van der Waals surface area contributed by atoms with Crippen molar-refractivity contribution in [3.63, 3.8) is 0 Å². The lowest BCUT2D eigenvalue weighted by atomic mass is 10.1. The molecule has 3 aromatic rings. The third kappa shape index (κ3) is 20.8. The van der Waals surface area contributed by atoms with Crippen LogP contribution in [-0.2, 0) is 33.4 Å². The third-order valence-corrected chi connectivity index (χ3v) is 8.77. The molecule has 0 spiro atoms. The van der Waals surface area contributed by atoms with Gasteiger partial charge in [0.05, 0.1) is 39.6 Å². The van der Waals surface area contributed by atoms with E-state index in [1.54, 1.807) is 18.2 Å². The fraction of sp³-hybridized carbons (Fsp3) is 0.375. The Hall–Kier alpha value is -6.10. The molecule has 0 atom stereocenters. The Morgan fingerprint density at radius 3 is 1.29 bits per heavy atom. The van der Waals surface area contributed by atoms with Crippen LogP contribution in [0.5, 0.6) is 23.0 Å². The van der Waals surface area contributed by atoms with E-state index in [9.17, 15) is 19.2 Å². The summed E-state index contributed by atoms with van der Waals surface area (Å²) >= 11 is 0. The molecular formula is C48H58O11. The first-order chi connectivity index (χ1) is 28.8. The van der Waals surface area contributed by atoms with Crippen molar-refractivity contribution in [1.82, 2.24) is 0 Å². The van der Waals surface area contributed by atoms with E-state index in [4.69, 9.17) is 33.2 Å². The predicted octanol–water partition coefficient (Wildman–Crippen LogP) is 9.98. The smallest absolute Gasteiger partial charge is 0.336 e. The van der Waals surface area contributed by atoms with Crippen LogP contribution in [0.3, 0.4) is 0 Å². The zero-order chi connectivity index (χ0) is 42.3. The second-order valence-corrected chi connectivity index (χ2v) is 13.4. The summed E-state index contributed by atoms with van der Waals surface area (Å²) in [5.41, 5.74) is 2.72. The highest BCUT2D eigenvalue weighted by Gasteiger charge is 2.09. The van der Waals surface area contributed by atoms with Crippen molar-refractivity contribution in [2.45, 2.75) is 77.0 Å². The number of hydrogen-bond donors (Lipinski definition) is 0. The van der Waals surface area contributed by atoms with Gasteiger partial charge >= 0.3 is 23.9 Å². The van der Waals surface area contributed by atoms with Crippen molar-refractivity contribution in [2.75, 3.05) is 39.6 Å². The molecule has 3 aromatic carbocycles. The number of rotatable bonds is 31. The topological polar surface area (TPSA) is 133 Å². The Balaban J connectivity index is 1.46. The van der Waals surface area contributed by atoms with Gasteiger partial charge in [-0.2, -0.15) is 0 Å². The molecule has 0 unspecified atom stereocenters. The largest absolute Gasteiger partial charge is 0.494 e. The summed E-state index contributed by atoms with van der Waals surface area (Å²) in [7, 11) is 0. The highest BCUT2D eigenvalue weighted by molar-refractivity contribution is 5.89. The van der Waals surface area contributed by atoms with Gasteiger partial charge in [-0.05, 0) is 136 Å². The molecule has 0 aliphatic carbocycles. The van der Waals surface area contributed by atoms with Crippen LogP contribution in [0.15, 0.2) is 111 Å². The van der Waals surface area contributed by atoms with Gasteiger partial charge < -0.3 is 33.2 Å². The van der Waals surface area contributed by atoms with E-state index in [1.165, 1.54) is 12.2 Å². The van der Waals surface area contributed by atoms with E-state index >= 15 is 0 Å². The molecule has 316 valence electrons. The molecule has 59 heavy (non-hydrogen) atoms. The standard InChI is InChI=1S/C48H58O11/c1-4-45(49)56-34-16-10-7-13-31-53-41-25-21-39(22-26-41)40-23-27-42(28-24-40)59-48(52)30-20-38-19-29-43(54-32-14-8-11-17-35-57-46(50)5-2)44(37-38)55-33-15-9-12-18-36-58-47(51)6-3/h4-6,19-30,37H,1-3,7-18,31-36H2/b30-20+. The maximum Gasteiger partial charge on any atom is 0.336 e. The average Bonchev–Trinajstić information content (AvgIpc) is 3.26. The minimum absolute atomic E-state index is 0.362. The van der Waals surface area contributed by atoms with Crippen molar-refractivity contribution in [2.24, 2.45) is 0 Å². The molecule has 0 amide bonds. The second-order valence-electron chi connectivity index (χ2n) is 13.4. The van der Waals surface area contributed by atoms with Gasteiger partial charge in [0.25, 0.3) is 0 Å². The molecule has 0 N–H and O–H groups in total. The lowest BCUT2D eigenvalue weighted by Crippen LogP contribution is -2.05. The molecule has 3 rings (SSSR count). The van der Waals surface area contributed by atoms with Crippen LogP contribution in [0.25, 0.3) is 17.2 Å². The molecule has 0 fully saturated rings. The van der Waals surface area contributed by atoms with Gasteiger partial charge in [0.1, 0.15) is 11.5 Å². The summed E-state index contributed by atoms with van der Waals surface area (Å²) in [5.74, 6) is 0.659. The first kappa shape index (κ1) is 47.3. The molecule has 0 saturated carbocycles. The van der Waals surface area contributed by atoms with Crippen LogP contribution in [0.2, 0.25) is 0 Å². The van der Waals surface area contributed by atoms with E-state index in [1.807, 2.05) is 54.6 Å². The van der Waals surface area contributed by atoms with Crippen LogP contribution in [0, 0.1) is 0 Å². The average molecular weight is 811 g/mol. The Morgan fingerprint density at radius 1 is 0.424 bits per heavy atom. The molecule has 0 heterocycles. The zero-order valence-electron chi connectivity index (χ0n) is 34.1. The molecule has 0 aromatic heterocycles. The number of hydrogen-bond acceptors (Lipinski definition) is 11. The minimum atomic E-state index is -0.517. The first-order valence-electron chi connectivity index (χ1n) is 20.3. The summed E-state index contributed by atoms with van der Waals surface area (Å²) in [5, 5.41) is 0. The normalized spacial score (nSPS) is 10.6. The molecule has 0 radical (unpaired) electrons. The Kier molecular flexibility index (Phi) is 23.4. The number of unbranched alkanes of at least 4 members (excludes halogenated alkanes) is 9. The van der Waals surface area contributed by atoms with Gasteiger partial charge in [0, 0.05) is 24.3 Å². The summed E-state index contributed by atoms with van der Waals surface area (Å²) in [6.45, 7) is 12.9. The van der Waals surface area contributed by atoms with Crippen LogP contribution in [-0.4, -0.2) is 63.5 Å². The molecule has 0 bridgehead atoms. The number of carbonyl (C=O) groups is 4. The molecule has 11 heteroatoms. The lowest BCUT2D eigenvalue weighted by molar-refractivity contribution is -0.138. The van der Waals surface area contributed by atoms with E-state index in [-0.39, 0.29) is 5.97 Å². The summed E-state index contributed by atoms with van der Waals surface area (Å²) < 4.78 is 38.7. The van der Waals surface area contributed by atoms with Gasteiger partial charge in [0.15, 0.2) is 11.5 Å². The Labute approximate surface area is 348 Å². The van der Waals surface area contributed by atoms with Crippen LogP contribution in [0.1, 0.15) is 82.6 Å². The highest BCUT2D eigenvalue weighted by Crippen LogP contribution is 2.30. The fourth-order valence-electron chi connectivity index (χ4n) is 5.56. The Morgan fingerprint density at radius 2 is 0.831 bits per heavy atom. The van der Waals surface area contributed by atoms with Crippen LogP contribution >= 0.6 is 0 Å². The first-order valence-corrected chi connectivity index (χ1v) is 20.3. The van der Waals surface area contributed by atoms with Crippen LogP contribution < -0.4 is 18.9 Å². The van der Waals surface area contributed by atoms with E-state index in [2.05, 4.69) is 19.7 Å². The number of esters is 4. The SMILES string of the molecule is C=CC(=O)OCCCCCCOc1ccc(-c2ccc(OC(=O)/C=C/c3ccc(OCCCCCCOC(=O)C=C)c(OCCCCCCOC(=O)C=C)c3)cc2)cc1. The van der Waals surface area contributed by atoms with Gasteiger partial charge in [-0.15, -0.1) is 0 Å². The molecular weight excluding hydrogens is 753 g/mol. The quantitative estimate of drug-likeness (QED) is 0.0202. The minimum Gasteiger partial charge on any atom is -0.494 e. The van der Waals surface area contributed by atoms with Crippen LogP contribution in [0.4, 0.5) is 0 Å². The molecule has 0 aliphatic rings. The maximum atomic E-state index is 12.8. The monoisotopic (exact) mass is 810 g/mol. The van der Waals surface area contributed by atoms with E-state index in [0.717, 1.165) is 112 Å².